The number of furan rings is 1. The molecule has 4 aromatic rings. The number of amides is 1. The Kier molecular flexibility index (Phi) is 11.5. The molecule has 0 saturated carbocycles. The maximum Gasteiger partial charge on any atom is 0.342 e. The molecule has 43 heavy (non-hydrogen) atoms. The zero-order valence-corrected chi connectivity index (χ0v) is 24.3. The number of esters is 1. The molecule has 228 valence electrons. The van der Waals surface area contributed by atoms with Gasteiger partial charge in [0.2, 0.25) is 5.91 Å². The molecule has 3 aromatic carbocycles. The van der Waals surface area contributed by atoms with E-state index in [9.17, 15) is 14.7 Å². The van der Waals surface area contributed by atoms with Crippen LogP contribution in [0.5, 0.6) is 11.5 Å². The van der Waals surface area contributed by atoms with Gasteiger partial charge < -0.3 is 38.9 Å². The number of aliphatic hydroxyl groups excluding tert-OH is 2. The molecule has 3 N–H and O–H groups in total. The fourth-order valence-electron chi connectivity index (χ4n) is 4.72. The molecule has 0 unspecified atom stereocenters. The first-order valence-corrected chi connectivity index (χ1v) is 14.0. The highest BCUT2D eigenvalue weighted by atomic mass is 16.6. The van der Waals surface area contributed by atoms with E-state index in [1.807, 2.05) is 30.3 Å². The molecule has 0 aliphatic carbocycles. The minimum absolute atomic E-state index is 0.0143. The molecule has 1 atom stereocenters. The molecule has 1 amide bonds. The summed E-state index contributed by atoms with van der Waals surface area (Å²) in [5.41, 5.74) is 3.00. The average molecular weight is 592 g/mol. The van der Waals surface area contributed by atoms with Crippen molar-refractivity contribution in [3.05, 3.63) is 83.4 Å². The van der Waals surface area contributed by atoms with Crippen molar-refractivity contribution >= 4 is 22.8 Å². The van der Waals surface area contributed by atoms with Crippen molar-refractivity contribution in [1.29, 1.82) is 0 Å². The van der Waals surface area contributed by atoms with Gasteiger partial charge in [-0.05, 0) is 60.4 Å². The van der Waals surface area contributed by atoms with Crippen LogP contribution in [0.1, 0.15) is 27.9 Å². The van der Waals surface area contributed by atoms with Gasteiger partial charge in [-0.2, -0.15) is 0 Å². The van der Waals surface area contributed by atoms with Crippen LogP contribution in [-0.4, -0.2) is 75.4 Å². The van der Waals surface area contributed by atoms with Crippen molar-refractivity contribution in [1.82, 2.24) is 5.32 Å². The molecule has 0 fully saturated rings. The fourth-order valence-corrected chi connectivity index (χ4v) is 4.72. The first-order valence-electron chi connectivity index (χ1n) is 14.0. The van der Waals surface area contributed by atoms with Crippen LogP contribution in [-0.2, 0) is 27.1 Å². The highest BCUT2D eigenvalue weighted by Crippen LogP contribution is 2.40. The van der Waals surface area contributed by atoms with E-state index in [2.05, 4.69) is 5.32 Å². The summed E-state index contributed by atoms with van der Waals surface area (Å²) in [7, 11) is 3.07. The Hall–Kier alpha value is -4.38. The number of benzene rings is 3. The molecule has 4 rings (SSSR count). The first kappa shape index (κ1) is 31.6. The Labute approximate surface area is 250 Å². The molecular formula is C33H37NO9. The number of hydrogen-bond donors (Lipinski definition) is 3. The summed E-state index contributed by atoms with van der Waals surface area (Å²) in [6.45, 7) is -0.0542. The number of carbonyl (C=O) groups excluding carboxylic acids is 2. The number of aryl methyl sites for hydroxylation is 1. The summed E-state index contributed by atoms with van der Waals surface area (Å²) in [6.07, 6.45) is 1.03. The molecule has 0 saturated heterocycles. The van der Waals surface area contributed by atoms with Gasteiger partial charge in [0.15, 0.2) is 11.3 Å². The van der Waals surface area contributed by atoms with E-state index in [0.29, 0.717) is 46.6 Å². The highest BCUT2D eigenvalue weighted by molar-refractivity contribution is 6.10. The smallest absolute Gasteiger partial charge is 0.342 e. The third kappa shape index (κ3) is 8.35. The van der Waals surface area contributed by atoms with Gasteiger partial charge in [-0.25, -0.2) is 4.79 Å². The molecule has 10 nitrogen and oxygen atoms in total. The largest absolute Gasteiger partial charge is 0.497 e. The van der Waals surface area contributed by atoms with Gasteiger partial charge in [-0.15, -0.1) is 0 Å². The lowest BCUT2D eigenvalue weighted by Gasteiger charge is -2.16. The number of fused-ring (bicyclic) bond motifs is 1. The third-order valence-electron chi connectivity index (χ3n) is 6.84. The fraction of sp³-hybridized carbons (Fsp3) is 0.333. The second-order valence-electron chi connectivity index (χ2n) is 9.82. The van der Waals surface area contributed by atoms with Gasteiger partial charge in [0.05, 0.1) is 46.7 Å². The van der Waals surface area contributed by atoms with Crippen molar-refractivity contribution in [2.45, 2.75) is 25.3 Å². The molecule has 0 radical (unpaired) electrons. The summed E-state index contributed by atoms with van der Waals surface area (Å²) in [6, 6.07) is 19.9. The average Bonchev–Trinajstić information content (AvgIpc) is 3.43. The Balaban J connectivity index is 1.59. The second-order valence-corrected chi connectivity index (χ2v) is 9.82. The number of aliphatic hydroxyl groups is 2. The monoisotopic (exact) mass is 591 g/mol. The number of carbonyl (C=O) groups is 2. The van der Waals surface area contributed by atoms with Gasteiger partial charge in [0.25, 0.3) is 0 Å². The minimum Gasteiger partial charge on any atom is -0.497 e. The molecule has 0 bridgehead atoms. The van der Waals surface area contributed by atoms with Gasteiger partial charge in [-0.1, -0.05) is 30.3 Å². The first-order chi connectivity index (χ1) is 21.0. The summed E-state index contributed by atoms with van der Waals surface area (Å²) < 4.78 is 27.8. The maximum atomic E-state index is 13.4. The molecule has 0 aliphatic rings. The van der Waals surface area contributed by atoms with Crippen molar-refractivity contribution in [2.24, 2.45) is 0 Å². The van der Waals surface area contributed by atoms with Crippen LogP contribution < -0.4 is 14.8 Å². The SMILES string of the molecule is COc1ccc(-c2oc3c(OC)cc(CCC(=O)N[C@H](CO)Cc4ccccc4)cc3c2C(=O)OCCOCCO)cc1. The van der Waals surface area contributed by atoms with Crippen molar-refractivity contribution in [3.8, 4) is 22.8 Å². The van der Waals surface area contributed by atoms with Crippen LogP contribution in [0.25, 0.3) is 22.3 Å². The number of ether oxygens (including phenoxy) is 4. The second kappa shape index (κ2) is 15.7. The van der Waals surface area contributed by atoms with Crippen LogP contribution in [0.3, 0.4) is 0 Å². The van der Waals surface area contributed by atoms with E-state index in [0.717, 1.165) is 11.1 Å². The zero-order chi connectivity index (χ0) is 30.6. The standard InChI is InChI=1S/C33H37NO9/c1-39-26-11-9-24(10-12-26)31-30(33(38)42-17-16-41-15-14-35)27-19-23(20-28(40-2)32(27)43-31)8-13-29(37)34-25(21-36)18-22-6-4-3-5-7-22/h3-7,9-12,19-20,25,35-36H,8,13-18,21H2,1-2H3,(H,34,37)/t25-/m0/s1. The zero-order valence-electron chi connectivity index (χ0n) is 24.3. The summed E-state index contributed by atoms with van der Waals surface area (Å²) in [5.74, 6) is 0.544. The molecule has 1 aromatic heterocycles. The number of rotatable bonds is 16. The highest BCUT2D eigenvalue weighted by Gasteiger charge is 2.26. The topological polar surface area (TPSA) is 137 Å². The quantitative estimate of drug-likeness (QED) is 0.131. The molecular weight excluding hydrogens is 554 g/mol. The van der Waals surface area contributed by atoms with Gasteiger partial charge in [-0.3, -0.25) is 4.79 Å². The maximum absolute atomic E-state index is 13.4. The van der Waals surface area contributed by atoms with Gasteiger partial charge in [0.1, 0.15) is 23.7 Å². The minimum atomic E-state index is -0.610. The Morgan fingerprint density at radius 2 is 1.67 bits per heavy atom. The van der Waals surface area contributed by atoms with Crippen LogP contribution in [0, 0.1) is 0 Å². The van der Waals surface area contributed by atoms with Crippen LogP contribution in [0.4, 0.5) is 0 Å². The van der Waals surface area contributed by atoms with Crippen LogP contribution in [0.15, 0.2) is 71.1 Å². The number of methoxy groups -OCH3 is 2. The van der Waals surface area contributed by atoms with Crippen molar-refractivity contribution in [2.75, 3.05) is 47.3 Å². The Morgan fingerprint density at radius 3 is 2.35 bits per heavy atom. The van der Waals surface area contributed by atoms with Crippen molar-refractivity contribution in [3.63, 3.8) is 0 Å². The Bertz CT molecular complexity index is 1480. The summed E-state index contributed by atoms with van der Waals surface area (Å²) in [5, 5.41) is 22.1. The lowest BCUT2D eigenvalue weighted by molar-refractivity contribution is -0.122. The predicted octanol–water partition coefficient (Wildman–Crippen LogP) is 3.94. The van der Waals surface area contributed by atoms with E-state index in [4.69, 9.17) is 28.5 Å². The van der Waals surface area contributed by atoms with E-state index in [1.54, 1.807) is 43.5 Å². The van der Waals surface area contributed by atoms with Gasteiger partial charge >= 0.3 is 5.97 Å². The molecule has 0 aliphatic heterocycles. The predicted molar refractivity (Wildman–Crippen MR) is 160 cm³/mol. The third-order valence-corrected chi connectivity index (χ3v) is 6.84. The molecule has 1 heterocycles. The van der Waals surface area contributed by atoms with E-state index >= 15 is 0 Å². The van der Waals surface area contributed by atoms with E-state index in [-0.39, 0.29) is 50.9 Å². The van der Waals surface area contributed by atoms with Crippen LogP contribution in [0.2, 0.25) is 0 Å². The lowest BCUT2D eigenvalue weighted by Crippen LogP contribution is -2.39. The number of nitrogens with one attached hydrogen (secondary N) is 1. The van der Waals surface area contributed by atoms with E-state index in [1.165, 1.54) is 7.11 Å². The van der Waals surface area contributed by atoms with Crippen LogP contribution >= 0.6 is 0 Å². The summed E-state index contributed by atoms with van der Waals surface area (Å²) >= 11 is 0. The molecule has 0 spiro atoms. The van der Waals surface area contributed by atoms with E-state index < -0.39 is 12.0 Å². The number of hydrogen-bond acceptors (Lipinski definition) is 9. The Morgan fingerprint density at radius 1 is 0.907 bits per heavy atom. The normalized spacial score (nSPS) is 11.7. The van der Waals surface area contributed by atoms with Gasteiger partial charge in [0, 0.05) is 17.4 Å². The lowest BCUT2D eigenvalue weighted by atomic mass is 10.0. The summed E-state index contributed by atoms with van der Waals surface area (Å²) in [4.78, 5) is 26.2. The molecule has 10 heteroatoms. The van der Waals surface area contributed by atoms with Crippen molar-refractivity contribution < 1.29 is 43.2 Å².